The Labute approximate surface area is 98.2 Å². The lowest BCUT2D eigenvalue weighted by molar-refractivity contribution is -0.159. The second kappa shape index (κ2) is 5.24. The predicted molar refractivity (Wildman–Crippen MR) is 65.1 cm³/mol. The number of ether oxygens (including phenoxy) is 1. The Morgan fingerprint density at radius 1 is 1.33 bits per heavy atom. The fraction of sp³-hybridized carbons (Fsp3) is 0.917. The standard InChI is InChI=1S/C12H22O2S/c1-9-4-6-10(7-5-9)12(2,3)14-11(13)8-15/h9-10,15H,4-8H2,1-3H3. The van der Waals surface area contributed by atoms with Gasteiger partial charge in [-0.15, -0.1) is 0 Å². The molecular weight excluding hydrogens is 208 g/mol. The van der Waals surface area contributed by atoms with E-state index in [9.17, 15) is 4.79 Å². The molecule has 0 unspecified atom stereocenters. The molecule has 1 rings (SSSR count). The first-order chi connectivity index (χ1) is 6.95. The van der Waals surface area contributed by atoms with E-state index in [0.717, 1.165) is 5.92 Å². The molecule has 0 radical (unpaired) electrons. The maximum Gasteiger partial charge on any atom is 0.316 e. The van der Waals surface area contributed by atoms with Gasteiger partial charge in [0, 0.05) is 0 Å². The monoisotopic (exact) mass is 230 g/mol. The lowest BCUT2D eigenvalue weighted by Gasteiger charge is -2.38. The molecule has 1 saturated carbocycles. The van der Waals surface area contributed by atoms with Crippen LogP contribution < -0.4 is 0 Å². The Kier molecular flexibility index (Phi) is 4.50. The average Bonchev–Trinajstić information content (AvgIpc) is 2.17. The first-order valence-corrected chi connectivity index (χ1v) is 6.41. The van der Waals surface area contributed by atoms with Gasteiger partial charge in [0.1, 0.15) is 5.60 Å². The van der Waals surface area contributed by atoms with Gasteiger partial charge in [-0.2, -0.15) is 12.6 Å². The highest BCUT2D eigenvalue weighted by atomic mass is 32.1. The molecule has 88 valence electrons. The Morgan fingerprint density at radius 3 is 2.33 bits per heavy atom. The van der Waals surface area contributed by atoms with Crippen molar-refractivity contribution in [1.82, 2.24) is 0 Å². The molecule has 0 N–H and O–H groups in total. The smallest absolute Gasteiger partial charge is 0.316 e. The molecule has 0 saturated heterocycles. The minimum absolute atomic E-state index is 0.173. The first kappa shape index (κ1) is 12.9. The number of thiol groups is 1. The Hall–Kier alpha value is -0.180. The molecule has 1 aliphatic carbocycles. The van der Waals surface area contributed by atoms with Gasteiger partial charge in [-0.25, -0.2) is 0 Å². The second-order valence-corrected chi connectivity index (χ2v) is 5.51. The Balaban J connectivity index is 2.49. The summed E-state index contributed by atoms with van der Waals surface area (Å²) in [5, 5.41) is 0. The first-order valence-electron chi connectivity index (χ1n) is 5.78. The van der Waals surface area contributed by atoms with Crippen molar-refractivity contribution in [2.45, 2.75) is 52.1 Å². The molecule has 0 aromatic rings. The summed E-state index contributed by atoms with van der Waals surface area (Å²) in [6, 6.07) is 0. The van der Waals surface area contributed by atoms with Gasteiger partial charge < -0.3 is 4.74 Å². The quantitative estimate of drug-likeness (QED) is 0.596. The lowest BCUT2D eigenvalue weighted by atomic mass is 9.75. The van der Waals surface area contributed by atoms with E-state index in [1.54, 1.807) is 0 Å². The van der Waals surface area contributed by atoms with Gasteiger partial charge in [0.2, 0.25) is 0 Å². The third-order valence-corrected chi connectivity index (χ3v) is 3.76. The van der Waals surface area contributed by atoms with Crippen LogP contribution in [0, 0.1) is 11.8 Å². The summed E-state index contributed by atoms with van der Waals surface area (Å²) in [7, 11) is 0. The second-order valence-electron chi connectivity index (χ2n) is 5.19. The number of hydrogen-bond donors (Lipinski definition) is 1. The highest BCUT2D eigenvalue weighted by Crippen LogP contribution is 2.37. The van der Waals surface area contributed by atoms with E-state index in [2.05, 4.69) is 19.6 Å². The molecule has 0 aromatic carbocycles. The molecule has 0 spiro atoms. The van der Waals surface area contributed by atoms with Gasteiger partial charge in [-0.3, -0.25) is 4.79 Å². The van der Waals surface area contributed by atoms with Gasteiger partial charge in [0.15, 0.2) is 0 Å². The minimum atomic E-state index is -0.319. The van der Waals surface area contributed by atoms with Crippen LogP contribution in [0.25, 0.3) is 0 Å². The van der Waals surface area contributed by atoms with Crippen LogP contribution in [0.3, 0.4) is 0 Å². The van der Waals surface area contributed by atoms with E-state index < -0.39 is 0 Å². The summed E-state index contributed by atoms with van der Waals surface area (Å²) in [4.78, 5) is 11.2. The van der Waals surface area contributed by atoms with Crippen LogP contribution in [0.5, 0.6) is 0 Å². The zero-order valence-electron chi connectivity index (χ0n) is 9.95. The highest BCUT2D eigenvalue weighted by molar-refractivity contribution is 7.81. The number of carbonyl (C=O) groups is 1. The van der Waals surface area contributed by atoms with Crippen LogP contribution in [0.4, 0.5) is 0 Å². The molecule has 0 aromatic heterocycles. The number of hydrogen-bond acceptors (Lipinski definition) is 3. The number of rotatable bonds is 3. The fourth-order valence-electron chi connectivity index (χ4n) is 2.36. The molecule has 1 fully saturated rings. The molecule has 0 amide bonds. The molecule has 0 heterocycles. The third-order valence-electron chi connectivity index (χ3n) is 3.51. The van der Waals surface area contributed by atoms with E-state index >= 15 is 0 Å². The zero-order valence-corrected chi connectivity index (χ0v) is 10.8. The van der Waals surface area contributed by atoms with Crippen molar-refractivity contribution in [1.29, 1.82) is 0 Å². The molecule has 15 heavy (non-hydrogen) atoms. The van der Waals surface area contributed by atoms with Gasteiger partial charge in [-0.05, 0) is 38.5 Å². The van der Waals surface area contributed by atoms with Crippen LogP contribution in [-0.4, -0.2) is 17.3 Å². The van der Waals surface area contributed by atoms with Crippen molar-refractivity contribution in [3.05, 3.63) is 0 Å². The SMILES string of the molecule is CC1CCC(C(C)(C)OC(=O)CS)CC1. The summed E-state index contributed by atoms with van der Waals surface area (Å²) < 4.78 is 5.45. The van der Waals surface area contributed by atoms with Gasteiger partial charge >= 0.3 is 5.97 Å². The van der Waals surface area contributed by atoms with Crippen molar-refractivity contribution in [3.8, 4) is 0 Å². The number of carbonyl (C=O) groups excluding carboxylic acids is 1. The van der Waals surface area contributed by atoms with E-state index in [1.807, 2.05) is 13.8 Å². The van der Waals surface area contributed by atoms with E-state index in [1.165, 1.54) is 25.7 Å². The van der Waals surface area contributed by atoms with Crippen molar-refractivity contribution >= 4 is 18.6 Å². The maximum atomic E-state index is 11.2. The normalized spacial score (nSPS) is 27.5. The summed E-state index contributed by atoms with van der Waals surface area (Å²) in [5.41, 5.74) is -0.319. The topological polar surface area (TPSA) is 26.3 Å². The number of esters is 1. The maximum absolute atomic E-state index is 11.2. The van der Waals surface area contributed by atoms with Gasteiger partial charge in [0.25, 0.3) is 0 Å². The van der Waals surface area contributed by atoms with Crippen LogP contribution in [0.2, 0.25) is 0 Å². The third kappa shape index (κ3) is 3.71. The molecule has 0 aliphatic heterocycles. The predicted octanol–water partition coefficient (Wildman–Crippen LogP) is 3.06. The highest BCUT2D eigenvalue weighted by Gasteiger charge is 2.35. The lowest BCUT2D eigenvalue weighted by Crippen LogP contribution is -2.39. The summed E-state index contributed by atoms with van der Waals surface area (Å²) >= 11 is 3.93. The Bertz CT molecular complexity index is 218. The molecule has 0 atom stereocenters. The van der Waals surface area contributed by atoms with E-state index in [0.29, 0.717) is 5.92 Å². The fourth-order valence-corrected chi connectivity index (χ4v) is 2.43. The molecule has 3 heteroatoms. The largest absolute Gasteiger partial charge is 0.459 e. The molecule has 2 nitrogen and oxygen atoms in total. The summed E-state index contributed by atoms with van der Waals surface area (Å²) in [6.07, 6.45) is 4.86. The molecule has 0 bridgehead atoms. The van der Waals surface area contributed by atoms with Crippen LogP contribution >= 0.6 is 12.6 Å². The van der Waals surface area contributed by atoms with Gasteiger partial charge in [0.05, 0.1) is 5.75 Å². The van der Waals surface area contributed by atoms with E-state index in [4.69, 9.17) is 4.74 Å². The van der Waals surface area contributed by atoms with Crippen LogP contribution in [-0.2, 0) is 9.53 Å². The Morgan fingerprint density at radius 2 is 1.87 bits per heavy atom. The van der Waals surface area contributed by atoms with Crippen LogP contribution in [0.15, 0.2) is 0 Å². The minimum Gasteiger partial charge on any atom is -0.459 e. The summed E-state index contributed by atoms with van der Waals surface area (Å²) in [5.74, 6) is 1.31. The van der Waals surface area contributed by atoms with Crippen molar-refractivity contribution in [2.75, 3.05) is 5.75 Å². The summed E-state index contributed by atoms with van der Waals surface area (Å²) in [6.45, 7) is 6.34. The molecule has 1 aliphatic rings. The van der Waals surface area contributed by atoms with E-state index in [-0.39, 0.29) is 17.3 Å². The van der Waals surface area contributed by atoms with Gasteiger partial charge in [-0.1, -0.05) is 19.8 Å². The molecular formula is C12H22O2S. The zero-order chi connectivity index (χ0) is 11.5. The van der Waals surface area contributed by atoms with Crippen LogP contribution in [0.1, 0.15) is 46.5 Å². The van der Waals surface area contributed by atoms with Crippen molar-refractivity contribution in [3.63, 3.8) is 0 Å². The average molecular weight is 230 g/mol. The van der Waals surface area contributed by atoms with Crippen molar-refractivity contribution < 1.29 is 9.53 Å². The van der Waals surface area contributed by atoms with Crippen molar-refractivity contribution in [2.24, 2.45) is 11.8 Å².